The average molecular weight is 612 g/mol. The lowest BCUT2D eigenvalue weighted by Gasteiger charge is -2.18. The van der Waals surface area contributed by atoms with E-state index in [1.54, 1.807) is 19.1 Å². The number of nitrogens with zero attached hydrogens (tertiary/aromatic N) is 1. The molecule has 0 aromatic rings. The summed E-state index contributed by atoms with van der Waals surface area (Å²) in [5.74, 6) is -1.60. The zero-order valence-corrected chi connectivity index (χ0v) is 29.9. The van der Waals surface area contributed by atoms with Crippen LogP contribution in [0.1, 0.15) is 101 Å². The molecule has 1 aliphatic heterocycles. The zero-order valence-electron chi connectivity index (χ0n) is 27.6. The summed E-state index contributed by atoms with van der Waals surface area (Å²) in [5.41, 5.74) is 3.29. The Morgan fingerprint density at radius 3 is 1.95 bits per heavy atom. The number of halogens is 4. The molecule has 7 heteroatoms. The summed E-state index contributed by atoms with van der Waals surface area (Å²) in [7, 11) is 5.94. The van der Waals surface area contributed by atoms with Crippen LogP contribution in [0.5, 0.6) is 0 Å². The van der Waals surface area contributed by atoms with Crippen LogP contribution in [0.3, 0.4) is 0 Å². The SMILES string of the molecule is C=C(C)/C=C/N1CC(C2=CC(C(C)(F)F)=CC(C(P)P)CC2)CC1=C.CC.CC(C)C.CCC.CCCF.CF. The van der Waals surface area contributed by atoms with E-state index in [2.05, 4.69) is 71.2 Å². The molecule has 2 aliphatic rings. The molecule has 0 saturated carbocycles. The number of hydrogen-bond donors (Lipinski definition) is 0. The van der Waals surface area contributed by atoms with E-state index < -0.39 is 5.92 Å². The minimum Gasteiger partial charge on any atom is -0.351 e. The van der Waals surface area contributed by atoms with Crippen LogP contribution in [-0.2, 0) is 0 Å². The van der Waals surface area contributed by atoms with Crippen molar-refractivity contribution in [2.75, 3.05) is 20.4 Å². The van der Waals surface area contributed by atoms with Crippen LogP contribution in [0.2, 0.25) is 0 Å². The lowest BCUT2D eigenvalue weighted by molar-refractivity contribution is 0.0667. The van der Waals surface area contributed by atoms with Crippen LogP contribution >= 0.6 is 18.5 Å². The first kappa shape index (κ1) is 46.0. The van der Waals surface area contributed by atoms with Crippen LogP contribution in [0.25, 0.3) is 0 Å². The first-order valence-corrected chi connectivity index (χ1v) is 16.0. The fourth-order valence-electron chi connectivity index (χ4n) is 3.33. The maximum atomic E-state index is 14.1. The van der Waals surface area contributed by atoms with Gasteiger partial charge in [0.1, 0.15) is 0 Å². The Morgan fingerprint density at radius 1 is 1.15 bits per heavy atom. The van der Waals surface area contributed by atoms with Gasteiger partial charge in [-0.25, -0.2) is 8.78 Å². The van der Waals surface area contributed by atoms with Gasteiger partial charge in [-0.05, 0) is 55.9 Å². The Kier molecular flexibility index (Phi) is 32.5. The van der Waals surface area contributed by atoms with Gasteiger partial charge in [0.25, 0.3) is 5.92 Å². The second-order valence-electron chi connectivity index (χ2n) is 10.4. The number of allylic oxidation sites excluding steroid dienone is 6. The van der Waals surface area contributed by atoms with Gasteiger partial charge >= 0.3 is 0 Å². The van der Waals surface area contributed by atoms with Crippen molar-refractivity contribution < 1.29 is 17.6 Å². The summed E-state index contributed by atoms with van der Waals surface area (Å²) >= 11 is 0. The third kappa shape index (κ3) is 24.8. The number of alkyl halides is 4. The van der Waals surface area contributed by atoms with E-state index in [4.69, 9.17) is 0 Å². The zero-order chi connectivity index (χ0) is 32.5. The lowest BCUT2D eigenvalue weighted by atomic mass is 9.91. The average Bonchev–Trinajstić information content (AvgIpc) is 3.09. The minimum absolute atomic E-state index is 0.133. The van der Waals surface area contributed by atoms with Gasteiger partial charge < -0.3 is 4.90 Å². The molecular formula is C33H63F4NP2. The highest BCUT2D eigenvalue weighted by atomic mass is 31.1. The van der Waals surface area contributed by atoms with Gasteiger partial charge in [-0.1, -0.05) is 98.3 Å². The predicted octanol–water partition coefficient (Wildman–Crippen LogP) is 12.0. The predicted molar refractivity (Wildman–Crippen MR) is 182 cm³/mol. The normalized spacial score (nSPS) is 18.3. The molecular weight excluding hydrogens is 548 g/mol. The molecule has 0 spiro atoms. The second-order valence-corrected chi connectivity index (χ2v) is 12.7. The van der Waals surface area contributed by atoms with Crippen molar-refractivity contribution in [3.8, 4) is 0 Å². The fraction of sp³-hybridized carbons (Fsp3) is 0.697. The molecule has 4 atom stereocenters. The third-order valence-corrected chi connectivity index (χ3v) is 6.05. The van der Waals surface area contributed by atoms with E-state index in [-0.39, 0.29) is 29.5 Å². The van der Waals surface area contributed by atoms with Gasteiger partial charge in [-0.3, -0.25) is 8.78 Å². The summed E-state index contributed by atoms with van der Waals surface area (Å²) in [6.07, 6.45) is 12.0. The Morgan fingerprint density at radius 2 is 1.60 bits per heavy atom. The lowest BCUT2D eigenvalue weighted by Crippen LogP contribution is -2.16. The van der Waals surface area contributed by atoms with Crippen molar-refractivity contribution in [1.82, 2.24) is 4.90 Å². The highest BCUT2D eigenvalue weighted by Crippen LogP contribution is 2.40. The molecule has 1 nitrogen and oxygen atoms in total. The van der Waals surface area contributed by atoms with Crippen molar-refractivity contribution in [3.05, 3.63) is 60.0 Å². The van der Waals surface area contributed by atoms with Gasteiger partial charge in [0.05, 0.1) is 13.9 Å². The molecule has 0 bridgehead atoms. The third-order valence-electron chi connectivity index (χ3n) is 5.06. The number of likely N-dealkylation sites (tertiary alicyclic amines) is 1. The van der Waals surface area contributed by atoms with Crippen LogP contribution in [0, 0.1) is 17.8 Å². The standard InChI is InChI=1S/C20H29F2NP2.C4H10.C3H7F.C3H8.C2H6.CH3F/c1-13(2)7-8-23-12-17(9-14(23)3)15-5-6-16(19(24)25)11-18(10-15)20(4,21)22;1-4(2)3;1-2-3-4;1-3-2;2*1-2/h7-8,10-11,16-17,19H,1,3,5-6,9,12,24-25H2,2,4H3;4H,1-3H3;2-3H2,1H3;3H2,1-2H3;1-2H3;1H3/b8-7+;;;;;. The molecule has 2 rings (SSSR count). The van der Waals surface area contributed by atoms with Crippen LogP contribution in [0.15, 0.2) is 60.0 Å². The summed E-state index contributed by atoms with van der Waals surface area (Å²) in [5, 5.41) is 0.207. The molecule has 0 aromatic carbocycles. The fourth-order valence-corrected chi connectivity index (χ4v) is 3.94. The van der Waals surface area contributed by atoms with E-state index in [1.165, 1.54) is 6.42 Å². The summed E-state index contributed by atoms with van der Waals surface area (Å²) in [6.45, 7) is 28.1. The van der Waals surface area contributed by atoms with E-state index in [0.717, 1.165) is 55.5 Å². The minimum atomic E-state index is -2.81. The Bertz CT molecular complexity index is 718. The Hall–Kier alpha value is -0.920. The van der Waals surface area contributed by atoms with E-state index in [1.807, 2.05) is 33.0 Å². The maximum absolute atomic E-state index is 14.1. The molecule has 1 fully saturated rings. The van der Waals surface area contributed by atoms with Crippen LogP contribution in [-0.4, -0.2) is 36.6 Å². The molecule has 1 aliphatic carbocycles. The topological polar surface area (TPSA) is 3.24 Å². The molecule has 40 heavy (non-hydrogen) atoms. The molecule has 1 heterocycles. The molecule has 4 unspecified atom stereocenters. The van der Waals surface area contributed by atoms with Crippen molar-refractivity contribution in [1.29, 1.82) is 0 Å². The molecule has 0 radical (unpaired) electrons. The van der Waals surface area contributed by atoms with E-state index >= 15 is 0 Å². The number of hydrogen-bond acceptors (Lipinski definition) is 1. The number of rotatable bonds is 6. The van der Waals surface area contributed by atoms with Crippen molar-refractivity contribution >= 4 is 18.5 Å². The van der Waals surface area contributed by atoms with Crippen LogP contribution in [0.4, 0.5) is 17.6 Å². The summed E-state index contributed by atoms with van der Waals surface area (Å²) in [4.78, 5) is 2.12. The largest absolute Gasteiger partial charge is 0.351 e. The monoisotopic (exact) mass is 611 g/mol. The van der Waals surface area contributed by atoms with Gasteiger partial charge in [0.2, 0.25) is 0 Å². The van der Waals surface area contributed by atoms with Gasteiger partial charge in [0.15, 0.2) is 0 Å². The first-order chi connectivity index (χ1) is 18.6. The maximum Gasteiger partial charge on any atom is 0.270 e. The van der Waals surface area contributed by atoms with E-state index in [0.29, 0.717) is 13.6 Å². The summed E-state index contributed by atoms with van der Waals surface area (Å²) in [6, 6.07) is 0. The molecule has 238 valence electrons. The molecule has 1 saturated heterocycles. The van der Waals surface area contributed by atoms with Crippen molar-refractivity contribution in [3.63, 3.8) is 0 Å². The smallest absolute Gasteiger partial charge is 0.270 e. The van der Waals surface area contributed by atoms with Gasteiger partial charge in [0, 0.05) is 36.9 Å². The molecule has 0 aromatic heterocycles. The van der Waals surface area contributed by atoms with Crippen molar-refractivity contribution in [2.45, 2.75) is 113 Å². The Labute approximate surface area is 251 Å². The van der Waals surface area contributed by atoms with Gasteiger partial charge in [-0.15, -0.1) is 18.5 Å². The Balaban J connectivity index is -0.000000361. The second kappa shape index (κ2) is 28.2. The molecule has 0 amide bonds. The summed E-state index contributed by atoms with van der Waals surface area (Å²) < 4.78 is 48.4. The first-order valence-electron chi connectivity index (χ1n) is 14.7. The van der Waals surface area contributed by atoms with Crippen molar-refractivity contribution in [2.24, 2.45) is 17.8 Å². The van der Waals surface area contributed by atoms with Gasteiger partial charge in [-0.2, -0.15) is 0 Å². The molecule has 0 N–H and O–H groups in total. The van der Waals surface area contributed by atoms with Crippen LogP contribution < -0.4 is 0 Å². The quantitative estimate of drug-likeness (QED) is 0.164. The highest BCUT2D eigenvalue weighted by molar-refractivity contribution is 7.37. The van der Waals surface area contributed by atoms with E-state index in [9.17, 15) is 17.6 Å². The highest BCUT2D eigenvalue weighted by Gasteiger charge is 2.33.